The van der Waals surface area contributed by atoms with E-state index in [-0.39, 0.29) is 11.0 Å². The van der Waals surface area contributed by atoms with E-state index >= 15 is 0 Å². The van der Waals surface area contributed by atoms with Gasteiger partial charge < -0.3 is 14.8 Å². The largest absolute Gasteiger partial charge is 0.491 e. The summed E-state index contributed by atoms with van der Waals surface area (Å²) in [6.07, 6.45) is 0.371. The van der Waals surface area contributed by atoms with Crippen LogP contribution in [0.5, 0.6) is 0 Å². The molecule has 0 fully saturated rings. The van der Waals surface area contributed by atoms with Crippen LogP contribution in [0.2, 0.25) is 0 Å². The van der Waals surface area contributed by atoms with E-state index in [4.69, 9.17) is 4.65 Å². The number of aliphatic hydroxyl groups is 1. The summed E-state index contributed by atoms with van der Waals surface area (Å²) in [4.78, 5) is 20.9. The fourth-order valence-electron chi connectivity index (χ4n) is 1.46. The predicted octanol–water partition coefficient (Wildman–Crippen LogP) is 0.661. The van der Waals surface area contributed by atoms with E-state index in [1.807, 2.05) is 0 Å². The van der Waals surface area contributed by atoms with Gasteiger partial charge in [0.05, 0.1) is 21.7 Å². The Bertz CT molecular complexity index is 552. The molecule has 0 saturated heterocycles. The summed E-state index contributed by atoms with van der Waals surface area (Å²) in [7, 11) is -1.47. The van der Waals surface area contributed by atoms with Crippen LogP contribution in [-0.4, -0.2) is 39.7 Å². The van der Waals surface area contributed by atoms with Gasteiger partial charge in [-0.15, -0.1) is 0 Å². The monoisotopic (exact) mass is 295 g/mol. The zero-order valence-corrected chi connectivity index (χ0v) is 12.4. The van der Waals surface area contributed by atoms with E-state index < -0.39 is 28.9 Å². The maximum Gasteiger partial charge on any atom is 0.491 e. The summed E-state index contributed by atoms with van der Waals surface area (Å²) in [5.74, 6) is 0. The topological polar surface area (TPSA) is 110 Å². The van der Waals surface area contributed by atoms with Gasteiger partial charge in [0.1, 0.15) is 0 Å². The number of nitro groups is 1. The number of carbonyl (C=O) groups excluding carboxylic acids is 1. The molecule has 0 aliphatic rings. The van der Waals surface area contributed by atoms with E-state index in [2.05, 4.69) is 0 Å². The summed E-state index contributed by atoms with van der Waals surface area (Å²) in [6.45, 7) is 6.23. The van der Waals surface area contributed by atoms with Crippen molar-refractivity contribution in [1.29, 1.82) is 0 Å². The second kappa shape index (κ2) is 5.93. The quantitative estimate of drug-likeness (QED) is 0.345. The van der Waals surface area contributed by atoms with Gasteiger partial charge in [0.15, 0.2) is 6.29 Å². The van der Waals surface area contributed by atoms with Crippen LogP contribution in [0.4, 0.5) is 5.69 Å². The molecule has 8 heteroatoms. The summed E-state index contributed by atoms with van der Waals surface area (Å²) in [5.41, 5.74) is -2.69. The molecule has 1 rings (SSSR count). The first-order valence-corrected chi connectivity index (χ1v) is 6.31. The Hall–Kier alpha value is -1.77. The Morgan fingerprint density at radius 1 is 1.33 bits per heavy atom. The van der Waals surface area contributed by atoms with Crippen molar-refractivity contribution in [2.75, 3.05) is 0 Å². The maximum atomic E-state index is 10.9. The molecule has 0 unspecified atom stereocenters. The lowest BCUT2D eigenvalue weighted by molar-refractivity contribution is -0.385. The molecule has 7 nitrogen and oxygen atoms in total. The Morgan fingerprint density at radius 3 is 2.33 bits per heavy atom. The predicted molar refractivity (Wildman–Crippen MR) is 77.6 cm³/mol. The average Bonchev–Trinajstić information content (AvgIpc) is 2.35. The third-order valence-corrected chi connectivity index (χ3v) is 3.54. The Labute approximate surface area is 122 Å². The summed E-state index contributed by atoms with van der Waals surface area (Å²) in [6, 6.07) is 3.68. The van der Waals surface area contributed by atoms with E-state index in [1.165, 1.54) is 26.0 Å². The molecule has 0 bridgehead atoms. The zero-order chi connectivity index (χ0) is 16.4. The minimum absolute atomic E-state index is 0.0855. The Kier molecular flexibility index (Phi) is 4.88. The number of aldehydes is 1. The smallest absolute Gasteiger partial charge is 0.423 e. The summed E-state index contributed by atoms with van der Waals surface area (Å²) in [5, 5.41) is 30.9. The lowest BCUT2D eigenvalue weighted by Gasteiger charge is -2.38. The first-order chi connectivity index (χ1) is 9.49. The molecule has 1 aromatic carbocycles. The van der Waals surface area contributed by atoms with Gasteiger partial charge in [0.25, 0.3) is 5.69 Å². The van der Waals surface area contributed by atoms with Crippen LogP contribution in [0.1, 0.15) is 38.1 Å². The van der Waals surface area contributed by atoms with Crippen LogP contribution in [0.15, 0.2) is 18.2 Å². The fourth-order valence-corrected chi connectivity index (χ4v) is 1.46. The number of rotatable bonds is 6. The van der Waals surface area contributed by atoms with Gasteiger partial charge >= 0.3 is 7.12 Å². The van der Waals surface area contributed by atoms with Crippen LogP contribution in [0.25, 0.3) is 0 Å². The molecule has 21 heavy (non-hydrogen) atoms. The van der Waals surface area contributed by atoms with Gasteiger partial charge in [-0.05, 0) is 39.2 Å². The van der Waals surface area contributed by atoms with Crippen molar-refractivity contribution in [3.63, 3.8) is 0 Å². The highest BCUT2D eigenvalue weighted by Gasteiger charge is 2.39. The molecule has 0 amide bonds. The van der Waals surface area contributed by atoms with Crippen molar-refractivity contribution in [1.82, 2.24) is 0 Å². The van der Waals surface area contributed by atoms with Crippen molar-refractivity contribution in [2.24, 2.45) is 0 Å². The zero-order valence-electron chi connectivity index (χ0n) is 12.4. The fraction of sp³-hybridized carbons (Fsp3) is 0.462. The molecule has 114 valence electrons. The van der Waals surface area contributed by atoms with E-state index in [1.54, 1.807) is 13.8 Å². The number of nitro benzene ring substituents is 1. The average molecular weight is 295 g/mol. The third kappa shape index (κ3) is 3.87. The minimum Gasteiger partial charge on any atom is -0.423 e. The van der Waals surface area contributed by atoms with Crippen LogP contribution in [0.3, 0.4) is 0 Å². The van der Waals surface area contributed by atoms with Crippen molar-refractivity contribution >= 4 is 24.6 Å². The van der Waals surface area contributed by atoms with Crippen molar-refractivity contribution in [3.8, 4) is 0 Å². The number of carbonyl (C=O) groups is 1. The van der Waals surface area contributed by atoms with E-state index in [9.17, 15) is 25.0 Å². The van der Waals surface area contributed by atoms with Gasteiger partial charge in [-0.2, -0.15) is 0 Å². The van der Waals surface area contributed by atoms with Gasteiger partial charge in [0.2, 0.25) is 0 Å². The summed E-state index contributed by atoms with van der Waals surface area (Å²) >= 11 is 0. The molecule has 1 aromatic rings. The van der Waals surface area contributed by atoms with Crippen molar-refractivity contribution in [2.45, 2.75) is 38.9 Å². The third-order valence-electron chi connectivity index (χ3n) is 3.54. The molecular weight excluding hydrogens is 277 g/mol. The summed E-state index contributed by atoms with van der Waals surface area (Å²) < 4.78 is 5.39. The molecule has 0 heterocycles. The van der Waals surface area contributed by atoms with Gasteiger partial charge in [-0.1, -0.05) is 6.07 Å². The number of nitrogens with zero attached hydrogens (tertiary/aromatic N) is 1. The number of benzene rings is 1. The highest BCUT2D eigenvalue weighted by molar-refractivity contribution is 6.60. The SMILES string of the molecule is CC(C)(O)C(C)(C)OB(O)c1ccc(C=O)c([N+](=O)[O-])c1. The maximum absolute atomic E-state index is 10.9. The van der Waals surface area contributed by atoms with Crippen LogP contribution < -0.4 is 5.46 Å². The second-order valence-corrected chi connectivity index (χ2v) is 5.73. The molecule has 0 aliphatic carbocycles. The van der Waals surface area contributed by atoms with Crippen molar-refractivity contribution in [3.05, 3.63) is 33.9 Å². The highest BCUT2D eigenvalue weighted by atomic mass is 16.6. The van der Waals surface area contributed by atoms with Gasteiger partial charge in [0, 0.05) is 6.07 Å². The molecular formula is C13H18BNO6. The van der Waals surface area contributed by atoms with E-state index in [0.717, 1.165) is 6.07 Å². The Morgan fingerprint density at radius 2 is 1.90 bits per heavy atom. The molecule has 0 radical (unpaired) electrons. The lowest BCUT2D eigenvalue weighted by Crippen LogP contribution is -2.53. The Balaban J connectivity index is 3.09. The van der Waals surface area contributed by atoms with Gasteiger partial charge in [-0.25, -0.2) is 0 Å². The van der Waals surface area contributed by atoms with Gasteiger partial charge in [-0.3, -0.25) is 14.9 Å². The molecule has 0 atom stereocenters. The lowest BCUT2D eigenvalue weighted by atomic mass is 9.76. The standard InChI is InChI=1S/C13H18BNO6/c1-12(2,17)13(3,4)21-14(18)10-6-5-9(8-16)11(7-10)15(19)20/h5-8,17-18H,1-4H3. The molecule has 0 aromatic heterocycles. The first kappa shape index (κ1) is 17.3. The number of hydrogen-bond acceptors (Lipinski definition) is 6. The minimum atomic E-state index is -1.47. The van der Waals surface area contributed by atoms with Crippen molar-refractivity contribution < 1.29 is 24.5 Å². The normalized spacial score (nSPS) is 12.1. The first-order valence-electron chi connectivity index (χ1n) is 6.31. The van der Waals surface area contributed by atoms with E-state index in [0.29, 0.717) is 6.29 Å². The molecule has 0 aliphatic heterocycles. The van der Waals surface area contributed by atoms with Crippen LogP contribution >= 0.6 is 0 Å². The van der Waals surface area contributed by atoms with Crippen LogP contribution in [0, 0.1) is 10.1 Å². The molecule has 2 N–H and O–H groups in total. The van der Waals surface area contributed by atoms with Crippen LogP contribution in [-0.2, 0) is 4.65 Å². The second-order valence-electron chi connectivity index (χ2n) is 5.73. The molecule has 0 saturated carbocycles. The molecule has 0 spiro atoms. The highest BCUT2D eigenvalue weighted by Crippen LogP contribution is 2.25. The number of hydrogen-bond donors (Lipinski definition) is 2.